The van der Waals surface area contributed by atoms with Crippen molar-refractivity contribution in [2.45, 2.75) is 44.8 Å². The highest BCUT2D eigenvalue weighted by atomic mass is 31.2. The number of aromatic nitrogens is 2. The molecule has 3 aromatic rings. The van der Waals surface area contributed by atoms with Gasteiger partial charge in [-0.25, -0.2) is 4.98 Å². The number of rotatable bonds is 10. The fourth-order valence-electron chi connectivity index (χ4n) is 6.18. The number of piperazine rings is 1. The van der Waals surface area contributed by atoms with Crippen molar-refractivity contribution >= 4 is 52.9 Å². The molecule has 2 fully saturated rings. The van der Waals surface area contributed by atoms with Gasteiger partial charge in [0.15, 0.2) is 0 Å². The molecule has 0 unspecified atom stereocenters. The van der Waals surface area contributed by atoms with Gasteiger partial charge in [0.05, 0.1) is 29.9 Å². The lowest BCUT2D eigenvalue weighted by atomic mass is 10.0. The third-order valence-electron chi connectivity index (χ3n) is 8.69. The van der Waals surface area contributed by atoms with Crippen molar-refractivity contribution in [2.75, 3.05) is 80.6 Å². The number of nitrogens with one attached hydrogen (secondary N) is 4. The molecule has 0 bridgehead atoms. The van der Waals surface area contributed by atoms with E-state index in [9.17, 15) is 22.5 Å². The summed E-state index contributed by atoms with van der Waals surface area (Å²) in [6, 6.07) is 10.4. The number of methoxy groups -OCH3 is 1. The molecule has 0 spiro atoms. The Hall–Kier alpha value is -4.31. The molecule has 2 saturated heterocycles. The molecule has 2 aliphatic rings. The summed E-state index contributed by atoms with van der Waals surface area (Å²) in [6.45, 7) is 10.6. The minimum Gasteiger partial charge on any atom is -0.494 e. The number of halogens is 3. The molecule has 2 aromatic carbocycles. The van der Waals surface area contributed by atoms with Gasteiger partial charge in [-0.2, -0.15) is 18.2 Å². The standard InChI is InChI=1S/C35H44F3N8O3P/c1-5-6-7-12-32(47)41-27-21-28(30(49-2)22-29(27)46-17-13-24(14-18-46)45-19-15-39-16-20-45)43-34-40-23-25(35(36,37)38)33(44-34)42-26-10-8-9-11-31(26)50(3,4)48/h8-11,21-24,39H,5-6,13-20H2,1-4H3,(H,41,47)(H2,40,42,43,44). The summed E-state index contributed by atoms with van der Waals surface area (Å²) in [5, 5.41) is 12.4. The van der Waals surface area contributed by atoms with E-state index in [1.807, 2.05) is 6.92 Å². The molecule has 3 heterocycles. The van der Waals surface area contributed by atoms with Crippen LogP contribution in [0.25, 0.3) is 0 Å². The summed E-state index contributed by atoms with van der Waals surface area (Å²) in [7, 11) is -1.37. The van der Waals surface area contributed by atoms with Crippen LogP contribution in [0.4, 0.5) is 47.7 Å². The van der Waals surface area contributed by atoms with Crippen LogP contribution >= 0.6 is 7.14 Å². The Balaban J connectivity index is 1.48. The largest absolute Gasteiger partial charge is 0.494 e. The van der Waals surface area contributed by atoms with Crippen molar-refractivity contribution in [1.29, 1.82) is 0 Å². The smallest absolute Gasteiger partial charge is 0.421 e. The number of benzene rings is 2. The lowest BCUT2D eigenvalue weighted by Gasteiger charge is -2.41. The van der Waals surface area contributed by atoms with Crippen LogP contribution in [-0.2, 0) is 15.5 Å². The number of anilines is 6. The van der Waals surface area contributed by atoms with Crippen LogP contribution in [0.1, 0.15) is 38.2 Å². The average Bonchev–Trinajstić information content (AvgIpc) is 3.08. The number of piperidine rings is 1. The summed E-state index contributed by atoms with van der Waals surface area (Å²) in [4.78, 5) is 25.8. The van der Waals surface area contributed by atoms with E-state index < -0.39 is 30.6 Å². The summed E-state index contributed by atoms with van der Waals surface area (Å²) in [5.41, 5.74) is 0.678. The number of para-hydroxylation sites is 1. The summed E-state index contributed by atoms with van der Waals surface area (Å²) in [6.07, 6.45) is -0.782. The molecule has 0 radical (unpaired) electrons. The molecule has 0 saturated carbocycles. The number of amides is 1. The first kappa shape index (κ1) is 37.0. The first-order chi connectivity index (χ1) is 23.9. The zero-order valence-corrected chi connectivity index (χ0v) is 29.7. The van der Waals surface area contributed by atoms with Gasteiger partial charge < -0.3 is 35.5 Å². The molecule has 2 aliphatic heterocycles. The lowest BCUT2D eigenvalue weighted by Crippen LogP contribution is -2.52. The Morgan fingerprint density at radius 2 is 1.78 bits per heavy atom. The Kier molecular flexibility index (Phi) is 11.9. The highest BCUT2D eigenvalue weighted by Crippen LogP contribution is 2.42. The monoisotopic (exact) mass is 712 g/mol. The summed E-state index contributed by atoms with van der Waals surface area (Å²) < 4.78 is 61.0. The second-order valence-electron chi connectivity index (χ2n) is 12.7. The van der Waals surface area contributed by atoms with Crippen molar-refractivity contribution < 1.29 is 27.3 Å². The minimum absolute atomic E-state index is 0.155. The van der Waals surface area contributed by atoms with Gasteiger partial charge in [-0.15, -0.1) is 0 Å². The molecule has 11 nitrogen and oxygen atoms in total. The second-order valence-corrected chi connectivity index (χ2v) is 15.8. The van der Waals surface area contributed by atoms with Gasteiger partial charge in [0, 0.05) is 69.3 Å². The van der Waals surface area contributed by atoms with E-state index in [4.69, 9.17) is 4.74 Å². The van der Waals surface area contributed by atoms with Crippen LogP contribution in [0.3, 0.4) is 0 Å². The number of carbonyl (C=O) groups excluding carboxylic acids is 1. The summed E-state index contributed by atoms with van der Waals surface area (Å²) in [5.74, 6) is 4.73. The fraction of sp³-hybridized carbons (Fsp3) is 0.457. The molecule has 1 amide bonds. The first-order valence-corrected chi connectivity index (χ1v) is 19.3. The van der Waals surface area contributed by atoms with E-state index in [0.29, 0.717) is 41.1 Å². The SMILES string of the molecule is CCCC#CC(=O)Nc1cc(Nc2ncc(C(F)(F)F)c(Nc3ccccc3P(C)(C)=O)n2)c(OC)cc1N1CCC(N2CCNCC2)CC1. The van der Waals surface area contributed by atoms with E-state index in [1.165, 1.54) is 7.11 Å². The van der Waals surface area contributed by atoms with E-state index in [2.05, 4.69) is 52.9 Å². The van der Waals surface area contributed by atoms with Crippen molar-refractivity contribution in [3.8, 4) is 17.6 Å². The maximum atomic E-state index is 14.1. The molecule has 0 atom stereocenters. The number of ether oxygens (including phenoxy) is 1. The number of alkyl halides is 3. The maximum absolute atomic E-state index is 14.1. The van der Waals surface area contributed by atoms with E-state index in [0.717, 1.165) is 64.2 Å². The van der Waals surface area contributed by atoms with Crippen LogP contribution < -0.4 is 36.2 Å². The normalized spacial score (nSPS) is 15.9. The first-order valence-electron chi connectivity index (χ1n) is 16.7. The van der Waals surface area contributed by atoms with Crippen molar-refractivity contribution in [1.82, 2.24) is 20.2 Å². The minimum atomic E-state index is -4.77. The van der Waals surface area contributed by atoms with Gasteiger partial charge >= 0.3 is 6.18 Å². The molecular weight excluding hydrogens is 668 g/mol. The topological polar surface area (TPSA) is 124 Å². The van der Waals surface area contributed by atoms with Gasteiger partial charge in [-0.3, -0.25) is 9.69 Å². The lowest BCUT2D eigenvalue weighted by molar-refractivity contribution is -0.137. The molecule has 268 valence electrons. The van der Waals surface area contributed by atoms with Crippen LogP contribution in [0.2, 0.25) is 0 Å². The van der Waals surface area contributed by atoms with Crippen LogP contribution in [0, 0.1) is 11.8 Å². The zero-order chi connectivity index (χ0) is 35.9. The Morgan fingerprint density at radius 3 is 2.44 bits per heavy atom. The number of nitrogens with zero attached hydrogens (tertiary/aromatic N) is 4. The van der Waals surface area contributed by atoms with Gasteiger partial charge in [0.2, 0.25) is 5.95 Å². The van der Waals surface area contributed by atoms with Crippen molar-refractivity contribution in [3.63, 3.8) is 0 Å². The molecule has 50 heavy (non-hydrogen) atoms. The molecule has 4 N–H and O–H groups in total. The number of hydrogen-bond donors (Lipinski definition) is 4. The van der Waals surface area contributed by atoms with Crippen molar-refractivity contribution in [2.24, 2.45) is 0 Å². The molecular formula is C35H44F3N8O3P. The van der Waals surface area contributed by atoms with E-state index in [-0.39, 0.29) is 11.6 Å². The van der Waals surface area contributed by atoms with Crippen molar-refractivity contribution in [3.05, 3.63) is 48.2 Å². The highest BCUT2D eigenvalue weighted by Gasteiger charge is 2.36. The zero-order valence-electron chi connectivity index (χ0n) is 28.8. The third-order valence-corrected chi connectivity index (χ3v) is 10.2. The van der Waals surface area contributed by atoms with Gasteiger partial charge in [-0.1, -0.05) is 25.0 Å². The predicted molar refractivity (Wildman–Crippen MR) is 193 cm³/mol. The Labute approximate surface area is 291 Å². The quantitative estimate of drug-likeness (QED) is 0.150. The van der Waals surface area contributed by atoms with Crippen LogP contribution in [-0.4, -0.2) is 86.5 Å². The maximum Gasteiger partial charge on any atom is 0.421 e. The molecule has 15 heteroatoms. The highest BCUT2D eigenvalue weighted by molar-refractivity contribution is 7.70. The number of hydrogen-bond acceptors (Lipinski definition) is 10. The predicted octanol–water partition coefficient (Wildman–Crippen LogP) is 5.86. The van der Waals surface area contributed by atoms with Gasteiger partial charge in [0.25, 0.3) is 5.91 Å². The molecule has 1 aromatic heterocycles. The van der Waals surface area contributed by atoms with E-state index >= 15 is 0 Å². The fourth-order valence-corrected chi connectivity index (χ4v) is 7.34. The van der Waals surface area contributed by atoms with E-state index in [1.54, 1.807) is 49.7 Å². The number of unbranched alkanes of at least 4 members (excludes halogenated alkanes) is 1. The Morgan fingerprint density at radius 1 is 1.06 bits per heavy atom. The molecule has 5 rings (SSSR count). The van der Waals surface area contributed by atoms with Gasteiger partial charge in [-0.05, 0) is 56.7 Å². The summed E-state index contributed by atoms with van der Waals surface area (Å²) >= 11 is 0. The average molecular weight is 713 g/mol. The second kappa shape index (κ2) is 16.1. The van der Waals surface area contributed by atoms with Crippen LogP contribution in [0.15, 0.2) is 42.6 Å². The Bertz CT molecular complexity index is 1770. The third kappa shape index (κ3) is 9.27. The molecule has 0 aliphatic carbocycles. The van der Waals surface area contributed by atoms with Crippen LogP contribution in [0.5, 0.6) is 5.75 Å². The number of carbonyl (C=O) groups is 1. The van der Waals surface area contributed by atoms with Gasteiger partial charge in [0.1, 0.15) is 24.3 Å².